The van der Waals surface area contributed by atoms with Crippen molar-refractivity contribution in [3.05, 3.63) is 35.4 Å². The average Bonchev–Trinajstić information content (AvgIpc) is 3.39. The van der Waals surface area contributed by atoms with Crippen LogP contribution in [-0.4, -0.2) is 69.0 Å². The van der Waals surface area contributed by atoms with Gasteiger partial charge >= 0.3 is 0 Å². The van der Waals surface area contributed by atoms with E-state index in [1.807, 2.05) is 7.05 Å². The number of hydrogen-bond donors (Lipinski definition) is 3. The molecule has 0 spiro atoms. The standard InChI is InChI=1S/C22H36N4O2.HI/c1-18-5-7-19(8-6-18)20(26-11-3-4-12-26)15-24-21(23-2)25-16-22(9-13-27)10-14-28-17-22;/h5-8,20,27H,3-4,9-17H2,1-2H3,(H2,23,24,25);1H. The summed E-state index contributed by atoms with van der Waals surface area (Å²) in [6.07, 6.45) is 4.30. The van der Waals surface area contributed by atoms with Crippen LogP contribution in [0.3, 0.4) is 0 Å². The van der Waals surface area contributed by atoms with Crippen LogP contribution < -0.4 is 10.6 Å². The number of aliphatic hydroxyl groups is 1. The predicted octanol–water partition coefficient (Wildman–Crippen LogP) is 2.70. The fraction of sp³-hybridized carbons (Fsp3) is 0.682. The molecule has 6 nitrogen and oxygen atoms in total. The summed E-state index contributed by atoms with van der Waals surface area (Å²) in [5.41, 5.74) is 2.66. The van der Waals surface area contributed by atoms with Gasteiger partial charge in [-0.05, 0) is 51.3 Å². The number of ether oxygens (including phenoxy) is 1. The summed E-state index contributed by atoms with van der Waals surface area (Å²) in [4.78, 5) is 6.99. The molecular formula is C22H37IN4O2. The molecule has 1 aromatic rings. The van der Waals surface area contributed by atoms with E-state index in [4.69, 9.17) is 4.74 Å². The van der Waals surface area contributed by atoms with E-state index < -0.39 is 0 Å². The molecule has 1 aromatic carbocycles. The van der Waals surface area contributed by atoms with E-state index in [1.54, 1.807) is 0 Å². The molecule has 0 radical (unpaired) electrons. The van der Waals surface area contributed by atoms with Crippen molar-refractivity contribution in [2.24, 2.45) is 10.4 Å². The summed E-state index contributed by atoms with van der Waals surface area (Å²) >= 11 is 0. The Morgan fingerprint density at radius 2 is 1.97 bits per heavy atom. The number of nitrogens with one attached hydrogen (secondary N) is 2. The predicted molar refractivity (Wildman–Crippen MR) is 129 cm³/mol. The van der Waals surface area contributed by atoms with Gasteiger partial charge in [0.2, 0.25) is 0 Å². The molecule has 2 fully saturated rings. The quantitative estimate of drug-likeness (QED) is 0.282. The van der Waals surface area contributed by atoms with Gasteiger partial charge in [0.25, 0.3) is 0 Å². The normalized spacial score (nSPS) is 23.6. The summed E-state index contributed by atoms with van der Waals surface area (Å²) in [6.45, 7) is 7.72. The van der Waals surface area contributed by atoms with Crippen LogP contribution in [0.15, 0.2) is 29.3 Å². The zero-order valence-electron chi connectivity index (χ0n) is 17.8. The molecule has 2 aliphatic rings. The van der Waals surface area contributed by atoms with E-state index >= 15 is 0 Å². The first-order valence-corrected chi connectivity index (χ1v) is 10.6. The maximum absolute atomic E-state index is 9.42. The van der Waals surface area contributed by atoms with Crippen LogP contribution >= 0.6 is 24.0 Å². The van der Waals surface area contributed by atoms with E-state index in [9.17, 15) is 5.11 Å². The molecule has 0 amide bonds. The third kappa shape index (κ3) is 6.80. The number of aliphatic hydroxyl groups excluding tert-OH is 1. The van der Waals surface area contributed by atoms with Crippen LogP contribution in [0, 0.1) is 12.3 Å². The van der Waals surface area contributed by atoms with Gasteiger partial charge in [0, 0.05) is 38.8 Å². The Labute approximate surface area is 192 Å². The van der Waals surface area contributed by atoms with E-state index in [0.717, 1.165) is 51.6 Å². The van der Waals surface area contributed by atoms with Crippen molar-refractivity contribution in [3.8, 4) is 0 Å². The fourth-order valence-corrected chi connectivity index (χ4v) is 4.30. The molecular weight excluding hydrogens is 479 g/mol. The van der Waals surface area contributed by atoms with Crippen molar-refractivity contribution in [3.63, 3.8) is 0 Å². The lowest BCUT2D eigenvalue weighted by molar-refractivity contribution is 0.127. The molecule has 0 bridgehead atoms. The molecule has 3 N–H and O–H groups in total. The van der Waals surface area contributed by atoms with Gasteiger partial charge in [0.15, 0.2) is 5.96 Å². The summed E-state index contributed by atoms with van der Waals surface area (Å²) in [5, 5.41) is 16.4. The maximum Gasteiger partial charge on any atom is 0.191 e. The number of halogens is 1. The minimum absolute atomic E-state index is 0. The van der Waals surface area contributed by atoms with E-state index in [0.29, 0.717) is 12.6 Å². The van der Waals surface area contributed by atoms with Gasteiger partial charge in [-0.15, -0.1) is 24.0 Å². The molecule has 164 valence electrons. The molecule has 0 saturated carbocycles. The monoisotopic (exact) mass is 516 g/mol. The van der Waals surface area contributed by atoms with Gasteiger partial charge < -0.3 is 20.5 Å². The minimum atomic E-state index is 0. The second kappa shape index (κ2) is 12.1. The fourth-order valence-electron chi connectivity index (χ4n) is 4.30. The van der Waals surface area contributed by atoms with Crippen LogP contribution in [0.25, 0.3) is 0 Å². The van der Waals surface area contributed by atoms with Gasteiger partial charge in [-0.2, -0.15) is 0 Å². The summed E-state index contributed by atoms with van der Waals surface area (Å²) in [5.74, 6) is 0.820. The lowest BCUT2D eigenvalue weighted by atomic mass is 9.84. The third-order valence-corrected chi connectivity index (χ3v) is 6.19. The van der Waals surface area contributed by atoms with Gasteiger partial charge in [-0.1, -0.05) is 29.8 Å². The lowest BCUT2D eigenvalue weighted by Gasteiger charge is -2.30. The second-order valence-electron chi connectivity index (χ2n) is 8.25. The number of nitrogens with zero attached hydrogens (tertiary/aromatic N) is 2. The lowest BCUT2D eigenvalue weighted by Crippen LogP contribution is -2.46. The maximum atomic E-state index is 9.42. The highest BCUT2D eigenvalue weighted by Crippen LogP contribution is 2.31. The number of hydrogen-bond acceptors (Lipinski definition) is 4. The van der Waals surface area contributed by atoms with Crippen LogP contribution in [0.5, 0.6) is 0 Å². The molecule has 7 heteroatoms. The van der Waals surface area contributed by atoms with Gasteiger partial charge in [-0.25, -0.2) is 0 Å². The van der Waals surface area contributed by atoms with E-state index in [-0.39, 0.29) is 36.0 Å². The molecule has 2 aliphatic heterocycles. The first-order chi connectivity index (χ1) is 13.7. The van der Waals surface area contributed by atoms with Gasteiger partial charge in [0.05, 0.1) is 12.6 Å². The van der Waals surface area contributed by atoms with Crippen molar-refractivity contribution < 1.29 is 9.84 Å². The summed E-state index contributed by atoms with van der Waals surface area (Å²) < 4.78 is 5.59. The van der Waals surface area contributed by atoms with Crippen molar-refractivity contribution in [1.29, 1.82) is 0 Å². The van der Waals surface area contributed by atoms with Crippen LogP contribution in [0.1, 0.15) is 42.9 Å². The first-order valence-electron chi connectivity index (χ1n) is 10.6. The first kappa shape index (κ1) is 24.4. The van der Waals surface area contributed by atoms with E-state index in [1.165, 1.54) is 24.0 Å². The molecule has 29 heavy (non-hydrogen) atoms. The molecule has 3 rings (SSSR count). The van der Waals surface area contributed by atoms with E-state index in [2.05, 4.69) is 51.7 Å². The zero-order chi connectivity index (χ0) is 19.8. The van der Waals surface area contributed by atoms with Crippen molar-refractivity contribution in [2.45, 2.75) is 38.6 Å². The summed E-state index contributed by atoms with van der Waals surface area (Å²) in [6, 6.07) is 9.25. The number of aliphatic imine (C=N–C) groups is 1. The molecule has 2 saturated heterocycles. The zero-order valence-corrected chi connectivity index (χ0v) is 20.2. The van der Waals surface area contributed by atoms with Crippen molar-refractivity contribution >= 4 is 29.9 Å². The van der Waals surface area contributed by atoms with Gasteiger partial charge in [-0.3, -0.25) is 9.89 Å². The van der Waals surface area contributed by atoms with Gasteiger partial charge in [0.1, 0.15) is 0 Å². The summed E-state index contributed by atoms with van der Waals surface area (Å²) in [7, 11) is 1.82. The van der Waals surface area contributed by atoms with Crippen LogP contribution in [0.2, 0.25) is 0 Å². The Hall–Kier alpha value is -0.900. The number of likely N-dealkylation sites (tertiary alicyclic amines) is 1. The highest BCUT2D eigenvalue weighted by atomic mass is 127. The van der Waals surface area contributed by atoms with Crippen molar-refractivity contribution in [2.75, 3.05) is 53.0 Å². The third-order valence-electron chi connectivity index (χ3n) is 6.19. The molecule has 0 aromatic heterocycles. The number of rotatable bonds is 8. The largest absolute Gasteiger partial charge is 0.396 e. The number of aryl methyl sites for hydroxylation is 1. The molecule has 2 unspecified atom stereocenters. The topological polar surface area (TPSA) is 69.1 Å². The van der Waals surface area contributed by atoms with Crippen molar-refractivity contribution in [1.82, 2.24) is 15.5 Å². The Morgan fingerprint density at radius 1 is 1.24 bits per heavy atom. The smallest absolute Gasteiger partial charge is 0.191 e. The number of benzene rings is 1. The van der Waals surface area contributed by atoms with Crippen LogP contribution in [-0.2, 0) is 4.74 Å². The van der Waals surface area contributed by atoms with Crippen LogP contribution in [0.4, 0.5) is 0 Å². The molecule has 2 atom stereocenters. The number of guanidine groups is 1. The Morgan fingerprint density at radius 3 is 2.55 bits per heavy atom. The average molecular weight is 516 g/mol. The Balaban J connectivity index is 0.00000300. The molecule has 0 aliphatic carbocycles. The Kier molecular flexibility index (Phi) is 10.1. The highest BCUT2D eigenvalue weighted by Gasteiger charge is 2.34. The molecule has 2 heterocycles. The minimum Gasteiger partial charge on any atom is -0.396 e. The second-order valence-corrected chi connectivity index (χ2v) is 8.25. The highest BCUT2D eigenvalue weighted by molar-refractivity contribution is 14.0. The Bertz CT molecular complexity index is 626. The SMILES string of the molecule is CN=C(NCC(c1ccc(C)cc1)N1CCCC1)NCC1(CCO)CCOC1.I.